The summed E-state index contributed by atoms with van der Waals surface area (Å²) >= 11 is 5.87. The molecule has 110 valence electrons. The summed E-state index contributed by atoms with van der Waals surface area (Å²) in [6.07, 6.45) is 7.14. The van der Waals surface area contributed by atoms with Crippen molar-refractivity contribution in [1.82, 2.24) is 15.3 Å². The van der Waals surface area contributed by atoms with Gasteiger partial charge in [0.2, 0.25) is 0 Å². The Morgan fingerprint density at radius 3 is 2.57 bits per heavy atom. The van der Waals surface area contributed by atoms with Crippen LogP contribution < -0.4 is 10.1 Å². The highest BCUT2D eigenvalue weighted by atomic mass is 35.5. The van der Waals surface area contributed by atoms with Crippen LogP contribution in [0.15, 0.2) is 36.7 Å². The minimum atomic E-state index is 0.440. The molecule has 2 heterocycles. The Morgan fingerprint density at radius 1 is 1.14 bits per heavy atom. The first kappa shape index (κ1) is 14.3. The first-order valence-electron chi connectivity index (χ1n) is 7.25. The molecule has 1 aromatic heterocycles. The molecule has 1 saturated heterocycles. The number of rotatable bonds is 4. The fraction of sp³-hybridized carbons (Fsp3) is 0.375. The normalized spacial score (nSPS) is 18.4. The molecule has 0 saturated carbocycles. The van der Waals surface area contributed by atoms with Crippen LogP contribution in [0.1, 0.15) is 19.3 Å². The molecule has 0 radical (unpaired) electrons. The third-order valence-corrected chi connectivity index (χ3v) is 3.85. The Morgan fingerprint density at radius 2 is 1.90 bits per heavy atom. The zero-order valence-electron chi connectivity index (χ0n) is 11.8. The van der Waals surface area contributed by atoms with Crippen LogP contribution in [0.2, 0.25) is 5.02 Å². The van der Waals surface area contributed by atoms with E-state index in [-0.39, 0.29) is 0 Å². The number of nitrogens with zero attached hydrogens (tertiary/aromatic N) is 2. The molecule has 1 N–H and O–H groups in total. The van der Waals surface area contributed by atoms with Gasteiger partial charge < -0.3 is 10.1 Å². The number of aromatic nitrogens is 2. The van der Waals surface area contributed by atoms with Gasteiger partial charge in [-0.05, 0) is 43.7 Å². The fourth-order valence-corrected chi connectivity index (χ4v) is 2.53. The highest BCUT2D eigenvalue weighted by Crippen LogP contribution is 2.19. The average molecular weight is 304 g/mol. The van der Waals surface area contributed by atoms with Gasteiger partial charge in [0.15, 0.2) is 11.6 Å². The molecular weight excluding hydrogens is 286 g/mol. The van der Waals surface area contributed by atoms with E-state index < -0.39 is 0 Å². The fourth-order valence-electron chi connectivity index (χ4n) is 2.40. The maximum absolute atomic E-state index is 5.87. The summed E-state index contributed by atoms with van der Waals surface area (Å²) in [5.74, 6) is 1.38. The third kappa shape index (κ3) is 3.93. The Bertz CT molecular complexity index is 565. The van der Waals surface area contributed by atoms with Crippen molar-refractivity contribution in [3.63, 3.8) is 0 Å². The van der Waals surface area contributed by atoms with Gasteiger partial charge in [0, 0.05) is 16.6 Å². The van der Waals surface area contributed by atoms with Crippen LogP contribution in [0, 0.1) is 0 Å². The third-order valence-electron chi connectivity index (χ3n) is 3.59. The van der Waals surface area contributed by atoms with Crippen LogP contribution in [0.4, 0.5) is 0 Å². The van der Waals surface area contributed by atoms with Gasteiger partial charge in [0.25, 0.3) is 0 Å². The number of halogens is 1. The molecule has 0 aliphatic carbocycles. The summed E-state index contributed by atoms with van der Waals surface area (Å²) in [6.45, 7) is 1.75. The Kier molecular flexibility index (Phi) is 4.68. The summed E-state index contributed by atoms with van der Waals surface area (Å²) in [7, 11) is 0. The van der Waals surface area contributed by atoms with Gasteiger partial charge in [-0.2, -0.15) is 0 Å². The summed E-state index contributed by atoms with van der Waals surface area (Å²) in [5.41, 5.74) is 0.944. The number of piperidine rings is 1. The zero-order valence-corrected chi connectivity index (χ0v) is 12.5. The van der Waals surface area contributed by atoms with E-state index in [2.05, 4.69) is 15.3 Å². The predicted octanol–water partition coefficient (Wildman–Crippen LogP) is 3.32. The van der Waals surface area contributed by atoms with Crippen LogP contribution >= 0.6 is 11.6 Å². The molecule has 1 atom stereocenters. The molecule has 1 fully saturated rings. The van der Waals surface area contributed by atoms with Gasteiger partial charge in [-0.1, -0.05) is 18.0 Å². The standard InChI is InChI=1S/C16H18ClN3O/c17-13-6-4-12(5-7-13)16-19-9-15(10-20-16)21-11-14-3-1-2-8-18-14/h4-7,9-10,14,18H,1-3,8,11H2. The van der Waals surface area contributed by atoms with Crippen molar-refractivity contribution >= 4 is 11.6 Å². The van der Waals surface area contributed by atoms with Gasteiger partial charge in [-0.15, -0.1) is 0 Å². The molecule has 21 heavy (non-hydrogen) atoms. The summed E-state index contributed by atoms with van der Waals surface area (Å²) in [4.78, 5) is 8.69. The van der Waals surface area contributed by atoms with Gasteiger partial charge in [-0.25, -0.2) is 9.97 Å². The molecule has 1 aromatic carbocycles. The first-order valence-corrected chi connectivity index (χ1v) is 7.63. The second-order valence-electron chi connectivity index (χ2n) is 5.21. The maximum Gasteiger partial charge on any atom is 0.159 e. The van der Waals surface area contributed by atoms with Crippen LogP contribution in [-0.4, -0.2) is 29.2 Å². The summed E-state index contributed by atoms with van der Waals surface area (Å²) in [6, 6.07) is 7.92. The molecule has 4 nitrogen and oxygen atoms in total. The van der Waals surface area contributed by atoms with E-state index in [9.17, 15) is 0 Å². The number of nitrogens with one attached hydrogen (secondary N) is 1. The van der Waals surface area contributed by atoms with Crippen molar-refractivity contribution in [2.24, 2.45) is 0 Å². The second-order valence-corrected chi connectivity index (χ2v) is 5.64. The van der Waals surface area contributed by atoms with Crippen LogP contribution in [0.3, 0.4) is 0 Å². The van der Waals surface area contributed by atoms with Crippen molar-refractivity contribution in [2.45, 2.75) is 25.3 Å². The first-order chi connectivity index (χ1) is 10.3. The van der Waals surface area contributed by atoms with Crippen LogP contribution in [0.25, 0.3) is 11.4 Å². The molecular formula is C16H18ClN3O. The van der Waals surface area contributed by atoms with E-state index in [1.54, 1.807) is 12.4 Å². The van der Waals surface area contributed by atoms with Crippen molar-refractivity contribution in [3.05, 3.63) is 41.7 Å². The second kappa shape index (κ2) is 6.87. The van der Waals surface area contributed by atoms with Crippen molar-refractivity contribution in [3.8, 4) is 17.1 Å². The molecule has 5 heteroatoms. The topological polar surface area (TPSA) is 47.0 Å². The van der Waals surface area contributed by atoms with E-state index >= 15 is 0 Å². The Hall–Kier alpha value is -1.65. The molecule has 0 amide bonds. The molecule has 3 rings (SSSR count). The number of hydrogen-bond donors (Lipinski definition) is 1. The molecule has 1 unspecified atom stereocenters. The smallest absolute Gasteiger partial charge is 0.159 e. The summed E-state index contributed by atoms with van der Waals surface area (Å²) < 4.78 is 5.75. The molecule has 1 aliphatic heterocycles. The van der Waals surface area contributed by atoms with E-state index in [1.807, 2.05) is 24.3 Å². The van der Waals surface area contributed by atoms with Gasteiger partial charge in [0.05, 0.1) is 12.4 Å². The summed E-state index contributed by atoms with van der Waals surface area (Å²) in [5, 5.41) is 4.16. The minimum absolute atomic E-state index is 0.440. The van der Waals surface area contributed by atoms with Crippen molar-refractivity contribution < 1.29 is 4.74 Å². The monoisotopic (exact) mass is 303 g/mol. The average Bonchev–Trinajstić information content (AvgIpc) is 2.55. The van der Waals surface area contributed by atoms with Crippen molar-refractivity contribution in [2.75, 3.05) is 13.2 Å². The van der Waals surface area contributed by atoms with Gasteiger partial charge >= 0.3 is 0 Å². The lowest BCUT2D eigenvalue weighted by Crippen LogP contribution is -2.38. The minimum Gasteiger partial charge on any atom is -0.489 e. The highest BCUT2D eigenvalue weighted by Gasteiger charge is 2.13. The largest absolute Gasteiger partial charge is 0.489 e. The van der Waals surface area contributed by atoms with Gasteiger partial charge in [0.1, 0.15) is 6.61 Å². The Balaban J connectivity index is 1.59. The highest BCUT2D eigenvalue weighted by molar-refractivity contribution is 6.30. The van der Waals surface area contributed by atoms with E-state index in [0.717, 1.165) is 12.1 Å². The van der Waals surface area contributed by atoms with Crippen molar-refractivity contribution in [1.29, 1.82) is 0 Å². The molecule has 2 aromatic rings. The lowest BCUT2D eigenvalue weighted by atomic mass is 10.1. The van der Waals surface area contributed by atoms with E-state index in [0.29, 0.717) is 29.2 Å². The molecule has 0 spiro atoms. The molecule has 1 aliphatic rings. The van der Waals surface area contributed by atoms with E-state index in [4.69, 9.17) is 16.3 Å². The molecule has 0 bridgehead atoms. The van der Waals surface area contributed by atoms with E-state index in [1.165, 1.54) is 19.3 Å². The lowest BCUT2D eigenvalue weighted by molar-refractivity contribution is 0.237. The number of benzene rings is 1. The number of hydrogen-bond acceptors (Lipinski definition) is 4. The number of ether oxygens (including phenoxy) is 1. The van der Waals surface area contributed by atoms with Gasteiger partial charge in [-0.3, -0.25) is 0 Å². The SMILES string of the molecule is Clc1ccc(-c2ncc(OCC3CCCCN3)cn2)cc1. The maximum atomic E-state index is 5.87. The lowest BCUT2D eigenvalue weighted by Gasteiger charge is -2.23. The van der Waals surface area contributed by atoms with Crippen LogP contribution in [0.5, 0.6) is 5.75 Å². The van der Waals surface area contributed by atoms with Crippen LogP contribution in [-0.2, 0) is 0 Å². The Labute approximate surface area is 129 Å². The quantitative estimate of drug-likeness (QED) is 0.941. The zero-order chi connectivity index (χ0) is 14.5. The predicted molar refractivity (Wildman–Crippen MR) is 83.6 cm³/mol.